The van der Waals surface area contributed by atoms with Crippen LogP contribution in [0.3, 0.4) is 0 Å². The lowest BCUT2D eigenvalue weighted by Crippen LogP contribution is -1.85. The van der Waals surface area contributed by atoms with Crippen LogP contribution in [0.25, 0.3) is 10.8 Å². The summed E-state index contributed by atoms with van der Waals surface area (Å²) in [6.07, 6.45) is 2.31. The molecule has 0 saturated heterocycles. The smallest absolute Gasteiger partial charge is 0.127 e. The fourth-order valence-corrected chi connectivity index (χ4v) is 3.02. The van der Waals surface area contributed by atoms with Gasteiger partial charge in [0.05, 0.1) is 0 Å². The zero-order valence-corrected chi connectivity index (χ0v) is 16.1. The van der Waals surface area contributed by atoms with E-state index < -0.39 is 0 Å². The minimum absolute atomic E-state index is 0.880. The lowest BCUT2D eigenvalue weighted by Gasteiger charge is -2.06. The van der Waals surface area contributed by atoms with Crippen molar-refractivity contribution in [3.05, 3.63) is 108 Å². The molecule has 0 unspecified atom stereocenters. The van der Waals surface area contributed by atoms with Gasteiger partial charge in [0.15, 0.2) is 0 Å². The van der Waals surface area contributed by atoms with E-state index in [-0.39, 0.29) is 0 Å². The predicted molar refractivity (Wildman–Crippen MR) is 116 cm³/mol. The molecule has 0 fully saturated rings. The van der Waals surface area contributed by atoms with E-state index in [1.807, 2.05) is 42.5 Å². The number of benzene rings is 4. The molecule has 0 aromatic heterocycles. The molecule has 0 radical (unpaired) electrons. The Morgan fingerprint density at radius 3 is 1.96 bits per heavy atom. The Morgan fingerprint density at radius 1 is 0.630 bits per heavy atom. The van der Waals surface area contributed by atoms with Gasteiger partial charge in [0, 0.05) is 0 Å². The molecule has 1 nitrogen and oxygen atoms in total. The Bertz CT molecular complexity index is 951. The number of rotatable bonds is 4. The molecule has 0 bridgehead atoms. The second-order valence-electron chi connectivity index (χ2n) is 6.61. The number of fused-ring (bicyclic) bond motifs is 1. The quantitative estimate of drug-likeness (QED) is 0.367. The fourth-order valence-electron chi connectivity index (χ4n) is 3.02. The van der Waals surface area contributed by atoms with E-state index in [0.29, 0.717) is 0 Å². The zero-order chi connectivity index (χ0) is 18.9. The Labute approximate surface area is 162 Å². The Balaban J connectivity index is 0.000000166. The summed E-state index contributed by atoms with van der Waals surface area (Å²) in [6.45, 7) is 4.33. The van der Waals surface area contributed by atoms with E-state index in [0.717, 1.165) is 17.9 Å². The van der Waals surface area contributed by atoms with E-state index in [9.17, 15) is 0 Å². The van der Waals surface area contributed by atoms with E-state index in [1.54, 1.807) is 0 Å². The summed E-state index contributed by atoms with van der Waals surface area (Å²) in [5, 5.41) is 2.68. The number of para-hydroxylation sites is 1. The van der Waals surface area contributed by atoms with Gasteiger partial charge < -0.3 is 4.74 Å². The van der Waals surface area contributed by atoms with Gasteiger partial charge in [-0.1, -0.05) is 86.1 Å². The molecular weight excluding hydrogens is 328 g/mol. The summed E-state index contributed by atoms with van der Waals surface area (Å²) in [6, 6.07) is 33.0. The van der Waals surface area contributed by atoms with Crippen molar-refractivity contribution in [3.8, 4) is 11.5 Å². The number of hydrogen-bond acceptors (Lipinski definition) is 1. The normalized spacial score (nSPS) is 10.1. The maximum Gasteiger partial charge on any atom is 0.127 e. The minimum Gasteiger partial charge on any atom is -0.457 e. The lowest BCUT2D eigenvalue weighted by atomic mass is 10.1. The van der Waals surface area contributed by atoms with Gasteiger partial charge in [0.1, 0.15) is 11.5 Å². The Morgan fingerprint density at radius 2 is 1.26 bits per heavy atom. The highest BCUT2D eigenvalue weighted by Crippen LogP contribution is 2.21. The van der Waals surface area contributed by atoms with Crippen molar-refractivity contribution in [1.29, 1.82) is 0 Å². The summed E-state index contributed by atoms with van der Waals surface area (Å²) in [4.78, 5) is 0. The second kappa shape index (κ2) is 9.59. The van der Waals surface area contributed by atoms with Gasteiger partial charge in [-0.25, -0.2) is 0 Å². The van der Waals surface area contributed by atoms with E-state index in [1.165, 1.54) is 28.3 Å². The predicted octanol–water partition coefficient (Wildman–Crippen LogP) is 7.58. The molecule has 1 heteroatoms. The standard InChI is InChI=1S/C15H16O.C11H10/c1-2-6-13-9-11-15(12-10-13)16-14-7-4-3-5-8-14;1-9-5-4-7-10-6-2-3-8-11(9)10/h3-5,7-12H,2,6H2,1H3;2-8H,1H3. The molecule has 4 rings (SSSR count). The molecule has 0 atom stereocenters. The lowest BCUT2D eigenvalue weighted by molar-refractivity contribution is 0.482. The third-order valence-electron chi connectivity index (χ3n) is 4.45. The molecule has 27 heavy (non-hydrogen) atoms. The van der Waals surface area contributed by atoms with Crippen LogP contribution in [0.2, 0.25) is 0 Å². The maximum atomic E-state index is 5.71. The topological polar surface area (TPSA) is 9.23 Å². The molecule has 0 N–H and O–H groups in total. The monoisotopic (exact) mass is 354 g/mol. The van der Waals surface area contributed by atoms with Gasteiger partial charge in [-0.2, -0.15) is 0 Å². The first-order chi connectivity index (χ1) is 13.3. The molecule has 0 aliphatic carbocycles. The van der Waals surface area contributed by atoms with Gasteiger partial charge >= 0.3 is 0 Å². The molecule has 0 saturated carbocycles. The van der Waals surface area contributed by atoms with Crippen molar-refractivity contribution >= 4 is 10.8 Å². The number of aryl methyl sites for hydroxylation is 2. The molecule has 136 valence electrons. The van der Waals surface area contributed by atoms with Crippen molar-refractivity contribution in [2.75, 3.05) is 0 Å². The molecule has 0 heterocycles. The zero-order valence-electron chi connectivity index (χ0n) is 16.1. The fraction of sp³-hybridized carbons (Fsp3) is 0.154. The SMILES string of the molecule is CCCc1ccc(Oc2ccccc2)cc1.Cc1cccc2ccccc12. The van der Waals surface area contributed by atoms with Gasteiger partial charge in [0.25, 0.3) is 0 Å². The average Bonchev–Trinajstić information content (AvgIpc) is 2.72. The van der Waals surface area contributed by atoms with Crippen LogP contribution in [0.4, 0.5) is 0 Å². The van der Waals surface area contributed by atoms with Gasteiger partial charge in [0.2, 0.25) is 0 Å². The van der Waals surface area contributed by atoms with Crippen molar-refractivity contribution in [2.24, 2.45) is 0 Å². The van der Waals surface area contributed by atoms with E-state index in [4.69, 9.17) is 4.74 Å². The van der Waals surface area contributed by atoms with Crippen molar-refractivity contribution in [1.82, 2.24) is 0 Å². The molecule has 0 aliphatic rings. The van der Waals surface area contributed by atoms with Crippen LogP contribution in [-0.4, -0.2) is 0 Å². The van der Waals surface area contributed by atoms with Crippen LogP contribution in [0.15, 0.2) is 97.1 Å². The highest BCUT2D eigenvalue weighted by Gasteiger charge is 1.96. The van der Waals surface area contributed by atoms with Crippen LogP contribution >= 0.6 is 0 Å². The number of hydrogen-bond donors (Lipinski definition) is 0. The highest BCUT2D eigenvalue weighted by atomic mass is 16.5. The third-order valence-corrected chi connectivity index (χ3v) is 4.45. The summed E-state index contributed by atoms with van der Waals surface area (Å²) >= 11 is 0. The molecular formula is C26H26O. The Kier molecular flexibility index (Phi) is 6.65. The second-order valence-corrected chi connectivity index (χ2v) is 6.61. The first-order valence-electron chi connectivity index (χ1n) is 9.52. The van der Waals surface area contributed by atoms with Crippen LogP contribution in [0.1, 0.15) is 24.5 Å². The summed E-state index contributed by atoms with van der Waals surface area (Å²) < 4.78 is 5.71. The molecule has 4 aromatic rings. The summed E-state index contributed by atoms with van der Waals surface area (Å²) in [5.41, 5.74) is 2.71. The number of ether oxygens (including phenoxy) is 1. The van der Waals surface area contributed by atoms with E-state index in [2.05, 4.69) is 68.4 Å². The van der Waals surface area contributed by atoms with Crippen LogP contribution in [0, 0.1) is 6.92 Å². The van der Waals surface area contributed by atoms with Gasteiger partial charge in [-0.05, 0) is 59.5 Å². The average molecular weight is 354 g/mol. The van der Waals surface area contributed by atoms with Crippen LogP contribution in [-0.2, 0) is 6.42 Å². The summed E-state index contributed by atoms with van der Waals surface area (Å²) in [7, 11) is 0. The van der Waals surface area contributed by atoms with Gasteiger partial charge in [-0.15, -0.1) is 0 Å². The molecule has 0 amide bonds. The van der Waals surface area contributed by atoms with Crippen molar-refractivity contribution in [3.63, 3.8) is 0 Å². The Hall–Kier alpha value is -3.06. The molecule has 0 spiro atoms. The van der Waals surface area contributed by atoms with E-state index >= 15 is 0 Å². The minimum atomic E-state index is 0.880. The van der Waals surface area contributed by atoms with Crippen LogP contribution in [0.5, 0.6) is 11.5 Å². The first-order valence-corrected chi connectivity index (χ1v) is 9.52. The van der Waals surface area contributed by atoms with Gasteiger partial charge in [-0.3, -0.25) is 0 Å². The maximum absolute atomic E-state index is 5.71. The largest absolute Gasteiger partial charge is 0.457 e. The molecule has 0 aliphatic heterocycles. The highest BCUT2D eigenvalue weighted by molar-refractivity contribution is 5.85. The van der Waals surface area contributed by atoms with Crippen molar-refractivity contribution < 1.29 is 4.74 Å². The summed E-state index contributed by atoms with van der Waals surface area (Å²) in [5.74, 6) is 1.77. The third kappa shape index (κ3) is 5.46. The first kappa shape index (κ1) is 18.7. The molecule has 4 aromatic carbocycles. The van der Waals surface area contributed by atoms with Crippen molar-refractivity contribution in [2.45, 2.75) is 26.7 Å². The van der Waals surface area contributed by atoms with Crippen LogP contribution < -0.4 is 4.74 Å².